The second kappa shape index (κ2) is 11.6. The summed E-state index contributed by atoms with van der Waals surface area (Å²) in [4.78, 5) is 8.59. The number of hydrogen-bond donors (Lipinski definition) is 3. The van der Waals surface area contributed by atoms with Crippen molar-refractivity contribution in [3.05, 3.63) is 120 Å². The van der Waals surface area contributed by atoms with Crippen LogP contribution < -0.4 is 5.32 Å². The fraction of sp³-hybridized carbons (Fsp3) is 0.188. The minimum Gasteiger partial charge on any atom is -0.375 e. The molecule has 3 aromatic carbocycles. The number of pyridine rings is 2. The molecule has 0 radical (unpaired) electrons. The van der Waals surface area contributed by atoms with E-state index in [-0.39, 0.29) is 5.56 Å². The third-order valence-electron chi connectivity index (χ3n) is 7.34. The molecule has 5 aromatic rings. The first-order valence-corrected chi connectivity index (χ1v) is 13.2. The van der Waals surface area contributed by atoms with E-state index in [1.807, 2.05) is 6.07 Å². The predicted octanol–water partition coefficient (Wildman–Crippen LogP) is 7.54. The maximum Gasteiger partial charge on any atom is 0.425 e. The van der Waals surface area contributed by atoms with Crippen LogP contribution in [0.25, 0.3) is 33.4 Å². The lowest BCUT2D eigenvalue weighted by atomic mass is 9.89. The van der Waals surface area contributed by atoms with Gasteiger partial charge in [0.25, 0.3) is 0 Å². The fourth-order valence-electron chi connectivity index (χ4n) is 4.83. The first kappa shape index (κ1) is 31.0. The molecule has 3 atom stereocenters. The Kier molecular flexibility index (Phi) is 8.19. The highest BCUT2D eigenvalue weighted by atomic mass is 19.4. The van der Waals surface area contributed by atoms with Gasteiger partial charge in [0.2, 0.25) is 5.60 Å². The van der Waals surface area contributed by atoms with Crippen molar-refractivity contribution in [1.29, 1.82) is 0 Å². The molecule has 2 aromatic heterocycles. The Labute approximate surface area is 246 Å². The Bertz CT molecular complexity index is 1780. The predicted molar refractivity (Wildman–Crippen MR) is 149 cm³/mol. The molecule has 0 aliphatic rings. The highest BCUT2D eigenvalue weighted by Crippen LogP contribution is 2.42. The average Bonchev–Trinajstić information content (AvgIpc) is 2.99. The second-order valence-electron chi connectivity index (χ2n) is 10.2. The van der Waals surface area contributed by atoms with Crippen molar-refractivity contribution in [2.75, 3.05) is 0 Å². The van der Waals surface area contributed by atoms with Crippen molar-refractivity contribution in [2.45, 2.75) is 37.1 Å². The van der Waals surface area contributed by atoms with E-state index in [2.05, 4.69) is 15.3 Å². The van der Waals surface area contributed by atoms with Gasteiger partial charge in [0.1, 0.15) is 12.0 Å². The number of nitrogens with zero attached hydrogens (tertiary/aromatic N) is 2. The third-order valence-corrected chi connectivity index (χ3v) is 7.34. The quantitative estimate of drug-likeness (QED) is 0.130. The van der Waals surface area contributed by atoms with Gasteiger partial charge in [-0.2, -0.15) is 26.3 Å². The molecule has 0 aliphatic heterocycles. The molecule has 5 rings (SSSR count). The van der Waals surface area contributed by atoms with Gasteiger partial charge in [0.15, 0.2) is 5.65 Å². The van der Waals surface area contributed by atoms with Crippen molar-refractivity contribution in [1.82, 2.24) is 15.3 Å². The molecule has 2 heterocycles. The van der Waals surface area contributed by atoms with Crippen molar-refractivity contribution in [3.63, 3.8) is 0 Å². The molecule has 0 bridgehead atoms. The van der Waals surface area contributed by atoms with Crippen LogP contribution in [-0.4, -0.2) is 32.6 Å². The fourth-order valence-corrected chi connectivity index (χ4v) is 4.83. The zero-order chi connectivity index (χ0) is 31.9. The lowest BCUT2D eigenvalue weighted by molar-refractivity contribution is -0.303. The Hall–Kier alpha value is -4.39. The molecule has 0 spiro atoms. The summed E-state index contributed by atoms with van der Waals surface area (Å²) in [7, 11) is 0. The summed E-state index contributed by atoms with van der Waals surface area (Å²) in [5.41, 5.74) is -3.65. The smallest absolute Gasteiger partial charge is 0.375 e. The third kappa shape index (κ3) is 6.01. The number of halogens is 7. The van der Waals surface area contributed by atoms with Gasteiger partial charge in [0.05, 0.1) is 11.3 Å². The Morgan fingerprint density at radius 3 is 2.05 bits per heavy atom. The minimum absolute atomic E-state index is 0.0796. The molecule has 3 N–H and O–H groups in total. The van der Waals surface area contributed by atoms with Crippen LogP contribution in [0.3, 0.4) is 0 Å². The van der Waals surface area contributed by atoms with Gasteiger partial charge in [0, 0.05) is 23.2 Å². The lowest BCUT2D eigenvalue weighted by Crippen LogP contribution is -2.57. The van der Waals surface area contributed by atoms with Gasteiger partial charge in [-0.3, -0.25) is 5.32 Å². The first-order valence-electron chi connectivity index (χ1n) is 13.2. The number of aliphatic hydroxyl groups excluding tert-OH is 1. The van der Waals surface area contributed by atoms with Crippen molar-refractivity contribution < 1.29 is 40.9 Å². The second-order valence-corrected chi connectivity index (χ2v) is 10.2. The summed E-state index contributed by atoms with van der Waals surface area (Å²) in [6.07, 6.45) is -11.1. The first-order chi connectivity index (χ1) is 20.7. The highest BCUT2D eigenvalue weighted by Gasteiger charge is 2.60. The van der Waals surface area contributed by atoms with Crippen LogP contribution in [0.5, 0.6) is 0 Å². The number of fused-ring (bicyclic) bond motifs is 1. The number of rotatable bonds is 7. The molecule has 5 nitrogen and oxygen atoms in total. The monoisotopic (exact) mass is 615 g/mol. The highest BCUT2D eigenvalue weighted by molar-refractivity contribution is 5.78. The van der Waals surface area contributed by atoms with E-state index in [1.54, 1.807) is 24.4 Å². The molecule has 0 fully saturated rings. The van der Waals surface area contributed by atoms with E-state index < -0.39 is 47.2 Å². The van der Waals surface area contributed by atoms with Crippen LogP contribution in [0.15, 0.2) is 97.2 Å². The number of benzene rings is 3. The molecule has 228 valence electrons. The Morgan fingerprint density at radius 1 is 0.773 bits per heavy atom. The summed E-state index contributed by atoms with van der Waals surface area (Å²) in [6.45, 7) is 1.44. The topological polar surface area (TPSA) is 78.3 Å². The molecule has 0 aliphatic carbocycles. The minimum atomic E-state index is -5.30. The lowest BCUT2D eigenvalue weighted by Gasteiger charge is -2.37. The SMILES string of the molecule is C[C@H](NC(O)C(O)(c1ccc(-c2ccc3cccnc3n2)cc1)C(F)(F)F)c1ccc(-c2ccc(F)c(C(F)(F)F)c2)cc1. The summed E-state index contributed by atoms with van der Waals surface area (Å²) in [5.74, 6) is -1.42. The molecular weight excluding hydrogens is 591 g/mol. The Balaban J connectivity index is 1.36. The van der Waals surface area contributed by atoms with E-state index in [0.717, 1.165) is 17.5 Å². The number of nitrogens with one attached hydrogen (secondary N) is 1. The number of alkyl halides is 6. The van der Waals surface area contributed by atoms with Gasteiger partial charge in [-0.1, -0.05) is 54.6 Å². The summed E-state index contributed by atoms with van der Waals surface area (Å²) in [6, 6.07) is 19.1. The van der Waals surface area contributed by atoms with Gasteiger partial charge in [-0.15, -0.1) is 0 Å². The number of hydrogen-bond acceptors (Lipinski definition) is 5. The van der Waals surface area contributed by atoms with Crippen LogP contribution in [0.4, 0.5) is 30.7 Å². The van der Waals surface area contributed by atoms with Crippen LogP contribution >= 0.6 is 0 Å². The normalized spacial score (nSPS) is 15.1. The van der Waals surface area contributed by atoms with Gasteiger partial charge in [-0.25, -0.2) is 14.4 Å². The molecule has 0 saturated heterocycles. The number of aliphatic hydroxyl groups is 2. The van der Waals surface area contributed by atoms with Crippen LogP contribution in [-0.2, 0) is 11.8 Å². The van der Waals surface area contributed by atoms with E-state index in [1.165, 1.54) is 49.4 Å². The van der Waals surface area contributed by atoms with E-state index >= 15 is 0 Å². The summed E-state index contributed by atoms with van der Waals surface area (Å²) < 4.78 is 95.9. The van der Waals surface area contributed by atoms with E-state index in [0.29, 0.717) is 40.2 Å². The maximum absolute atomic E-state index is 14.3. The molecule has 2 unspecified atom stereocenters. The van der Waals surface area contributed by atoms with E-state index in [9.17, 15) is 40.9 Å². The molecule has 12 heteroatoms. The van der Waals surface area contributed by atoms with Crippen molar-refractivity contribution >= 4 is 11.0 Å². The summed E-state index contributed by atoms with van der Waals surface area (Å²) >= 11 is 0. The standard InChI is InChI=1S/C32H24F7N3O2/c1-18(19-4-6-20(7-5-19)23-10-14-26(33)25(17-23)31(34,35)36)41-29(43)30(44,32(37,38)39)24-12-8-21(9-13-24)27-15-11-22-3-2-16-40-28(22)42-27/h2-18,29,41,43-44H,1H3/t18-,29?,30?/m0/s1. The average molecular weight is 616 g/mol. The van der Waals surface area contributed by atoms with Gasteiger partial charge < -0.3 is 10.2 Å². The number of aromatic nitrogens is 2. The van der Waals surface area contributed by atoms with Gasteiger partial charge in [-0.05, 0) is 65.6 Å². The molecular formula is C32H24F7N3O2. The van der Waals surface area contributed by atoms with Crippen LogP contribution in [0.2, 0.25) is 0 Å². The molecule has 0 saturated carbocycles. The molecule has 0 amide bonds. The van der Waals surface area contributed by atoms with E-state index in [4.69, 9.17) is 0 Å². The zero-order valence-electron chi connectivity index (χ0n) is 22.8. The molecule has 44 heavy (non-hydrogen) atoms. The zero-order valence-corrected chi connectivity index (χ0v) is 22.8. The Morgan fingerprint density at radius 2 is 1.41 bits per heavy atom. The van der Waals surface area contributed by atoms with Crippen molar-refractivity contribution in [3.8, 4) is 22.4 Å². The van der Waals surface area contributed by atoms with Gasteiger partial charge >= 0.3 is 12.4 Å². The summed E-state index contributed by atoms with van der Waals surface area (Å²) in [5, 5.41) is 24.8. The van der Waals surface area contributed by atoms with Crippen molar-refractivity contribution in [2.24, 2.45) is 0 Å². The largest absolute Gasteiger partial charge is 0.425 e. The van der Waals surface area contributed by atoms with Crippen LogP contribution in [0, 0.1) is 5.82 Å². The maximum atomic E-state index is 14.3. The van der Waals surface area contributed by atoms with Crippen LogP contribution in [0.1, 0.15) is 29.7 Å².